The third-order valence-electron chi connectivity index (χ3n) is 4.71. The summed E-state index contributed by atoms with van der Waals surface area (Å²) in [7, 11) is 0. The summed E-state index contributed by atoms with van der Waals surface area (Å²) in [5.74, 6) is -0.581. The van der Waals surface area contributed by atoms with Crippen molar-refractivity contribution in [2.45, 2.75) is 59.0 Å². The fraction of sp³-hybridized carbons (Fsp3) is 0.391. The van der Waals surface area contributed by atoms with Crippen LogP contribution in [0.5, 0.6) is 0 Å². The van der Waals surface area contributed by atoms with Crippen LogP contribution in [-0.2, 0) is 22.4 Å². The molecular weight excluding hydrogens is 370 g/mol. The number of rotatable bonds is 5. The molecule has 28 heavy (non-hydrogen) atoms. The molecule has 5 heteroatoms. The third kappa shape index (κ3) is 5.10. The van der Waals surface area contributed by atoms with Crippen molar-refractivity contribution in [1.29, 1.82) is 0 Å². The van der Waals surface area contributed by atoms with Gasteiger partial charge in [-0.2, -0.15) is 0 Å². The number of esters is 1. The van der Waals surface area contributed by atoms with Gasteiger partial charge in [-0.15, -0.1) is 11.3 Å². The average Bonchev–Trinajstić information content (AvgIpc) is 2.81. The van der Waals surface area contributed by atoms with Gasteiger partial charge in [0.15, 0.2) is 0 Å². The van der Waals surface area contributed by atoms with Gasteiger partial charge in [0.05, 0.1) is 11.7 Å². The van der Waals surface area contributed by atoms with Gasteiger partial charge in [-0.05, 0) is 63.7 Å². The van der Waals surface area contributed by atoms with Gasteiger partial charge in [-0.1, -0.05) is 36.2 Å². The summed E-state index contributed by atoms with van der Waals surface area (Å²) >= 11 is 1.52. The van der Waals surface area contributed by atoms with Crippen LogP contribution in [0, 0.1) is 6.92 Å². The highest BCUT2D eigenvalue weighted by molar-refractivity contribution is 7.17. The van der Waals surface area contributed by atoms with E-state index in [0.717, 1.165) is 36.8 Å². The summed E-state index contributed by atoms with van der Waals surface area (Å²) < 4.78 is 5.46. The zero-order chi connectivity index (χ0) is 20.1. The van der Waals surface area contributed by atoms with E-state index in [4.69, 9.17) is 4.74 Å². The predicted octanol–water partition coefficient (Wildman–Crippen LogP) is 5.54. The normalized spacial score (nSPS) is 14.0. The van der Waals surface area contributed by atoms with Gasteiger partial charge in [-0.25, -0.2) is 4.79 Å². The number of carbonyl (C=O) groups excluding carboxylic acids is 2. The Morgan fingerprint density at radius 2 is 1.82 bits per heavy atom. The fourth-order valence-corrected chi connectivity index (χ4v) is 4.60. The van der Waals surface area contributed by atoms with Gasteiger partial charge in [0.1, 0.15) is 5.00 Å². The minimum atomic E-state index is -0.341. The quantitative estimate of drug-likeness (QED) is 0.409. The smallest absolute Gasteiger partial charge is 0.341 e. The molecule has 4 nitrogen and oxygen atoms in total. The van der Waals surface area contributed by atoms with Crippen LogP contribution in [0.15, 0.2) is 30.3 Å². The van der Waals surface area contributed by atoms with Crippen molar-refractivity contribution in [2.75, 3.05) is 5.32 Å². The molecule has 1 amide bonds. The standard InChI is InChI=1S/C23H27NO3S/c1-15(2)27-23(26)21-18-7-5-4-6-8-19(18)28-22(21)24-20(25)14-13-17-11-9-16(3)10-12-17/h9-15H,4-8H2,1-3H3,(H,24,25). The average molecular weight is 398 g/mol. The molecule has 1 heterocycles. The second-order valence-corrected chi connectivity index (χ2v) is 8.56. The minimum absolute atomic E-state index is 0.196. The largest absolute Gasteiger partial charge is 0.459 e. The molecule has 0 atom stereocenters. The van der Waals surface area contributed by atoms with E-state index in [1.54, 1.807) is 6.08 Å². The van der Waals surface area contributed by atoms with E-state index in [2.05, 4.69) is 5.32 Å². The number of fused-ring (bicyclic) bond motifs is 1. The fourth-order valence-electron chi connectivity index (χ4n) is 3.32. The van der Waals surface area contributed by atoms with Crippen molar-refractivity contribution in [3.63, 3.8) is 0 Å². The first-order valence-electron chi connectivity index (χ1n) is 9.85. The Hall–Kier alpha value is -2.40. The highest BCUT2D eigenvalue weighted by Crippen LogP contribution is 2.38. The van der Waals surface area contributed by atoms with Crippen LogP contribution in [0.25, 0.3) is 6.08 Å². The van der Waals surface area contributed by atoms with E-state index in [1.165, 1.54) is 34.3 Å². The maximum absolute atomic E-state index is 12.7. The molecule has 1 aromatic carbocycles. The maximum atomic E-state index is 12.7. The molecule has 3 rings (SSSR count). The molecule has 0 spiro atoms. The van der Waals surface area contributed by atoms with E-state index in [1.807, 2.05) is 45.0 Å². The van der Waals surface area contributed by atoms with Crippen molar-refractivity contribution in [1.82, 2.24) is 0 Å². The van der Waals surface area contributed by atoms with Crippen molar-refractivity contribution < 1.29 is 14.3 Å². The molecule has 0 unspecified atom stereocenters. The third-order valence-corrected chi connectivity index (χ3v) is 5.92. The molecule has 0 saturated carbocycles. The molecule has 0 radical (unpaired) electrons. The molecule has 0 bridgehead atoms. The summed E-state index contributed by atoms with van der Waals surface area (Å²) in [6, 6.07) is 7.96. The number of aryl methyl sites for hydroxylation is 2. The minimum Gasteiger partial charge on any atom is -0.459 e. The number of hydrogen-bond acceptors (Lipinski definition) is 4. The molecule has 148 valence electrons. The number of hydrogen-bond donors (Lipinski definition) is 1. The Bertz CT molecular complexity index is 878. The Morgan fingerprint density at radius 1 is 1.11 bits per heavy atom. The number of carbonyl (C=O) groups is 2. The molecule has 1 aliphatic carbocycles. The van der Waals surface area contributed by atoms with E-state index >= 15 is 0 Å². The molecule has 1 aliphatic rings. The number of nitrogens with one attached hydrogen (secondary N) is 1. The molecule has 0 aliphatic heterocycles. The van der Waals surface area contributed by atoms with Crippen LogP contribution in [0.1, 0.15) is 65.0 Å². The summed E-state index contributed by atoms with van der Waals surface area (Å²) in [4.78, 5) is 26.4. The predicted molar refractivity (Wildman–Crippen MR) is 115 cm³/mol. The molecule has 2 aromatic rings. The lowest BCUT2D eigenvalue weighted by Crippen LogP contribution is -2.16. The lowest BCUT2D eigenvalue weighted by Gasteiger charge is -2.11. The first-order valence-corrected chi connectivity index (χ1v) is 10.7. The van der Waals surface area contributed by atoms with E-state index in [-0.39, 0.29) is 18.0 Å². The SMILES string of the molecule is Cc1ccc(C=CC(=O)Nc2sc3c(c2C(=O)OC(C)C)CCCCC3)cc1. The Kier molecular flexibility index (Phi) is 6.68. The first-order chi connectivity index (χ1) is 13.4. The molecule has 1 N–H and O–H groups in total. The van der Waals surface area contributed by atoms with Crippen LogP contribution in [0.2, 0.25) is 0 Å². The van der Waals surface area contributed by atoms with Crippen LogP contribution in [0.4, 0.5) is 5.00 Å². The number of anilines is 1. The van der Waals surface area contributed by atoms with Crippen LogP contribution in [0.3, 0.4) is 0 Å². The second kappa shape index (κ2) is 9.20. The molecule has 0 saturated heterocycles. The maximum Gasteiger partial charge on any atom is 0.341 e. The van der Waals surface area contributed by atoms with Gasteiger partial charge in [0, 0.05) is 11.0 Å². The van der Waals surface area contributed by atoms with Crippen molar-refractivity contribution in [3.05, 3.63) is 57.5 Å². The highest BCUT2D eigenvalue weighted by Gasteiger charge is 2.26. The lowest BCUT2D eigenvalue weighted by molar-refractivity contribution is -0.111. The first kappa shape index (κ1) is 20.3. The van der Waals surface area contributed by atoms with Crippen LogP contribution in [-0.4, -0.2) is 18.0 Å². The summed E-state index contributed by atoms with van der Waals surface area (Å²) in [6.07, 6.45) is 8.26. The van der Waals surface area contributed by atoms with Gasteiger partial charge in [-0.3, -0.25) is 4.79 Å². The number of ether oxygens (including phenoxy) is 1. The van der Waals surface area contributed by atoms with Crippen molar-refractivity contribution in [3.8, 4) is 0 Å². The summed E-state index contributed by atoms with van der Waals surface area (Å²) in [6.45, 7) is 5.70. The van der Waals surface area contributed by atoms with Gasteiger partial charge < -0.3 is 10.1 Å². The van der Waals surface area contributed by atoms with E-state index < -0.39 is 0 Å². The number of benzene rings is 1. The highest BCUT2D eigenvalue weighted by atomic mass is 32.1. The summed E-state index contributed by atoms with van der Waals surface area (Å²) in [5.41, 5.74) is 3.75. The van der Waals surface area contributed by atoms with Crippen LogP contribution >= 0.6 is 11.3 Å². The number of thiophene rings is 1. The Balaban J connectivity index is 1.82. The van der Waals surface area contributed by atoms with Gasteiger partial charge >= 0.3 is 5.97 Å². The zero-order valence-electron chi connectivity index (χ0n) is 16.7. The number of amides is 1. The van der Waals surface area contributed by atoms with E-state index in [9.17, 15) is 9.59 Å². The monoisotopic (exact) mass is 397 g/mol. The van der Waals surface area contributed by atoms with Gasteiger partial charge in [0.25, 0.3) is 0 Å². The Morgan fingerprint density at radius 3 is 2.54 bits per heavy atom. The molecule has 1 aromatic heterocycles. The summed E-state index contributed by atoms with van der Waals surface area (Å²) in [5, 5.41) is 3.52. The van der Waals surface area contributed by atoms with Gasteiger partial charge in [0.2, 0.25) is 5.91 Å². The zero-order valence-corrected chi connectivity index (χ0v) is 17.5. The van der Waals surface area contributed by atoms with Crippen LogP contribution < -0.4 is 5.32 Å². The lowest BCUT2D eigenvalue weighted by atomic mass is 10.1. The van der Waals surface area contributed by atoms with E-state index in [0.29, 0.717) is 10.6 Å². The molecular formula is C23H27NO3S. The Labute approximate surface area is 170 Å². The van der Waals surface area contributed by atoms with Crippen molar-refractivity contribution >= 4 is 34.3 Å². The second-order valence-electron chi connectivity index (χ2n) is 7.46. The molecule has 0 fully saturated rings. The van der Waals surface area contributed by atoms with Crippen molar-refractivity contribution in [2.24, 2.45) is 0 Å². The topological polar surface area (TPSA) is 55.4 Å².